The molecule has 0 rings (SSSR count). The van der Waals surface area contributed by atoms with Gasteiger partial charge in [0.1, 0.15) is 24.4 Å². The van der Waals surface area contributed by atoms with Gasteiger partial charge in [-0.2, -0.15) is 0 Å². The number of hydrogen-bond donors (Lipinski definition) is 0. The lowest BCUT2D eigenvalue weighted by molar-refractivity contribution is -0.160. The van der Waals surface area contributed by atoms with E-state index in [-0.39, 0.29) is 11.6 Å². The number of Topliss-reactive ketones (excluding diaryl/α,β-unsaturated/α-hetero) is 2. The molecule has 13 heavy (non-hydrogen) atoms. The number of rotatable bonds is 4. The van der Waals surface area contributed by atoms with Gasteiger partial charge in [-0.05, 0) is 13.8 Å². The molecule has 0 aliphatic carbocycles. The SMILES string of the molecule is CC(=O)CC(=O)OC(=O)CC(C)=O. The summed E-state index contributed by atoms with van der Waals surface area (Å²) in [5.41, 5.74) is 0. The summed E-state index contributed by atoms with van der Waals surface area (Å²) in [6.07, 6.45) is -0.882. The second kappa shape index (κ2) is 5.18. The molecule has 0 atom stereocenters. The second-order valence-electron chi connectivity index (χ2n) is 2.60. The Morgan fingerprint density at radius 1 is 0.846 bits per heavy atom. The van der Waals surface area contributed by atoms with Crippen LogP contribution in [-0.2, 0) is 23.9 Å². The number of ketones is 2. The summed E-state index contributed by atoms with van der Waals surface area (Å²) in [4.78, 5) is 42.1. The van der Waals surface area contributed by atoms with Gasteiger partial charge >= 0.3 is 11.9 Å². The van der Waals surface area contributed by atoms with E-state index in [1.165, 1.54) is 13.8 Å². The van der Waals surface area contributed by atoms with Crippen molar-refractivity contribution in [3.8, 4) is 0 Å². The Bertz CT molecular complexity index is 227. The van der Waals surface area contributed by atoms with Crippen molar-refractivity contribution in [1.29, 1.82) is 0 Å². The maximum absolute atomic E-state index is 10.7. The highest BCUT2D eigenvalue weighted by Crippen LogP contribution is 1.93. The average Bonchev–Trinajstić information content (AvgIpc) is 1.80. The molecule has 0 aromatic carbocycles. The first-order chi connectivity index (χ1) is 5.91. The Kier molecular flexibility index (Phi) is 4.58. The van der Waals surface area contributed by atoms with E-state index < -0.39 is 24.8 Å². The van der Waals surface area contributed by atoms with Crippen LogP contribution < -0.4 is 0 Å². The molecule has 0 N–H and O–H groups in total. The zero-order chi connectivity index (χ0) is 10.4. The van der Waals surface area contributed by atoms with Crippen molar-refractivity contribution in [2.45, 2.75) is 26.7 Å². The highest BCUT2D eigenvalue weighted by Gasteiger charge is 2.13. The Balaban J connectivity index is 3.85. The summed E-state index contributed by atoms with van der Waals surface area (Å²) in [7, 11) is 0. The fourth-order valence-electron chi connectivity index (χ4n) is 0.606. The van der Waals surface area contributed by atoms with E-state index in [0.29, 0.717) is 0 Å². The standard InChI is InChI=1S/C8H10O5/c1-5(9)3-7(11)13-8(12)4-6(2)10/h3-4H2,1-2H3. The van der Waals surface area contributed by atoms with Crippen LogP contribution in [0.2, 0.25) is 0 Å². The molecule has 0 heterocycles. The first-order valence-corrected chi connectivity index (χ1v) is 3.64. The van der Waals surface area contributed by atoms with Crippen LogP contribution in [0.4, 0.5) is 0 Å². The van der Waals surface area contributed by atoms with E-state index in [2.05, 4.69) is 4.74 Å². The van der Waals surface area contributed by atoms with Crippen LogP contribution in [0.1, 0.15) is 26.7 Å². The molecule has 0 aliphatic rings. The van der Waals surface area contributed by atoms with E-state index in [1.54, 1.807) is 0 Å². The molecule has 0 bridgehead atoms. The highest BCUT2D eigenvalue weighted by atomic mass is 16.6. The summed E-state index contributed by atoms with van der Waals surface area (Å²) >= 11 is 0. The minimum Gasteiger partial charge on any atom is -0.392 e. The van der Waals surface area contributed by atoms with E-state index in [9.17, 15) is 19.2 Å². The zero-order valence-corrected chi connectivity index (χ0v) is 7.46. The first-order valence-electron chi connectivity index (χ1n) is 3.64. The molecule has 0 spiro atoms. The smallest absolute Gasteiger partial charge is 0.320 e. The predicted octanol–water partition coefficient (Wildman–Crippen LogP) is 0.0144. The first kappa shape index (κ1) is 11.5. The maximum Gasteiger partial charge on any atom is 0.320 e. The summed E-state index contributed by atoms with van der Waals surface area (Å²) < 4.78 is 4.15. The van der Waals surface area contributed by atoms with Gasteiger partial charge in [0.05, 0.1) is 0 Å². The van der Waals surface area contributed by atoms with Crippen LogP contribution >= 0.6 is 0 Å². The molecule has 5 heteroatoms. The molecule has 0 saturated carbocycles. The van der Waals surface area contributed by atoms with Gasteiger partial charge in [-0.25, -0.2) is 0 Å². The fourth-order valence-corrected chi connectivity index (χ4v) is 0.606. The Morgan fingerprint density at radius 3 is 1.38 bits per heavy atom. The van der Waals surface area contributed by atoms with Crippen molar-refractivity contribution < 1.29 is 23.9 Å². The number of ether oxygens (including phenoxy) is 1. The highest BCUT2D eigenvalue weighted by molar-refractivity contribution is 6.02. The minimum atomic E-state index is -0.918. The third kappa shape index (κ3) is 6.86. The summed E-state index contributed by atoms with van der Waals surface area (Å²) in [5.74, 6) is -2.61. The van der Waals surface area contributed by atoms with Crippen LogP contribution in [-0.4, -0.2) is 23.5 Å². The van der Waals surface area contributed by atoms with Crippen LogP contribution in [0.3, 0.4) is 0 Å². The fraction of sp³-hybridized carbons (Fsp3) is 0.500. The molecule has 0 saturated heterocycles. The van der Waals surface area contributed by atoms with Crippen molar-refractivity contribution in [2.75, 3.05) is 0 Å². The van der Waals surface area contributed by atoms with Gasteiger partial charge in [0.15, 0.2) is 0 Å². The maximum atomic E-state index is 10.7. The molecule has 0 aromatic rings. The molecule has 72 valence electrons. The van der Waals surface area contributed by atoms with E-state index >= 15 is 0 Å². The molecule has 5 nitrogen and oxygen atoms in total. The Labute approximate surface area is 75.1 Å². The number of carbonyl (C=O) groups excluding carboxylic acids is 4. The third-order valence-electron chi connectivity index (χ3n) is 1.01. The lowest BCUT2D eigenvalue weighted by atomic mass is 10.3. The van der Waals surface area contributed by atoms with Crippen LogP contribution in [0.25, 0.3) is 0 Å². The van der Waals surface area contributed by atoms with Crippen molar-refractivity contribution in [3.05, 3.63) is 0 Å². The Hall–Kier alpha value is -1.52. The van der Waals surface area contributed by atoms with Gasteiger partial charge in [-0.15, -0.1) is 0 Å². The summed E-state index contributed by atoms with van der Waals surface area (Å²) in [6.45, 7) is 2.41. The molecule has 0 aromatic heterocycles. The predicted molar refractivity (Wildman–Crippen MR) is 41.7 cm³/mol. The van der Waals surface area contributed by atoms with Gasteiger partial charge in [0.25, 0.3) is 0 Å². The molecule has 0 unspecified atom stereocenters. The lowest BCUT2D eigenvalue weighted by Gasteiger charge is -1.98. The van der Waals surface area contributed by atoms with E-state index in [1.807, 2.05) is 0 Å². The number of hydrogen-bond acceptors (Lipinski definition) is 5. The second-order valence-corrected chi connectivity index (χ2v) is 2.60. The van der Waals surface area contributed by atoms with Gasteiger partial charge in [-0.3, -0.25) is 19.2 Å². The van der Waals surface area contributed by atoms with Gasteiger partial charge in [-0.1, -0.05) is 0 Å². The molecule has 0 fully saturated rings. The summed E-state index contributed by atoms with van der Waals surface area (Å²) in [5, 5.41) is 0. The molecule has 0 aliphatic heterocycles. The summed E-state index contributed by atoms with van der Waals surface area (Å²) in [6, 6.07) is 0. The van der Waals surface area contributed by atoms with Crippen molar-refractivity contribution in [1.82, 2.24) is 0 Å². The molecule has 0 radical (unpaired) electrons. The van der Waals surface area contributed by atoms with E-state index in [4.69, 9.17) is 0 Å². The van der Waals surface area contributed by atoms with Crippen molar-refractivity contribution in [3.63, 3.8) is 0 Å². The quantitative estimate of drug-likeness (QED) is 0.456. The number of esters is 2. The molecular formula is C8H10O5. The van der Waals surface area contributed by atoms with Gasteiger partial charge < -0.3 is 4.74 Å². The zero-order valence-electron chi connectivity index (χ0n) is 7.46. The normalized spacial score (nSPS) is 9.08. The van der Waals surface area contributed by atoms with E-state index in [0.717, 1.165) is 0 Å². The van der Waals surface area contributed by atoms with Crippen LogP contribution in [0.5, 0.6) is 0 Å². The number of carbonyl (C=O) groups is 4. The van der Waals surface area contributed by atoms with Crippen LogP contribution in [0.15, 0.2) is 0 Å². The lowest BCUT2D eigenvalue weighted by Crippen LogP contribution is -2.16. The average molecular weight is 186 g/mol. The van der Waals surface area contributed by atoms with Gasteiger partial charge in [0.2, 0.25) is 0 Å². The topological polar surface area (TPSA) is 77.5 Å². The Morgan fingerprint density at radius 2 is 1.15 bits per heavy atom. The van der Waals surface area contributed by atoms with Crippen molar-refractivity contribution >= 4 is 23.5 Å². The third-order valence-corrected chi connectivity index (χ3v) is 1.01. The van der Waals surface area contributed by atoms with Crippen molar-refractivity contribution in [2.24, 2.45) is 0 Å². The van der Waals surface area contributed by atoms with Crippen LogP contribution in [0, 0.1) is 0 Å². The monoisotopic (exact) mass is 186 g/mol. The largest absolute Gasteiger partial charge is 0.392 e. The molecular weight excluding hydrogens is 176 g/mol. The van der Waals surface area contributed by atoms with Gasteiger partial charge in [0, 0.05) is 0 Å². The minimum absolute atomic E-state index is 0.388. The molecule has 0 amide bonds.